The Kier molecular flexibility index (Phi) is 3.05. The molecule has 0 radical (unpaired) electrons. The van der Waals surface area contributed by atoms with Crippen LogP contribution in [0.5, 0.6) is 0 Å². The summed E-state index contributed by atoms with van der Waals surface area (Å²) in [7, 11) is 0. The maximum atomic E-state index is 10.8. The first-order valence-corrected chi connectivity index (χ1v) is 8.71. The second kappa shape index (κ2) is 4.23. The third kappa shape index (κ3) is 1.69. The molecular weight excluding hydrogens is 260 g/mol. The summed E-state index contributed by atoms with van der Waals surface area (Å²) >= 11 is 4.16. The Morgan fingerprint density at radius 3 is 2.67 bits per heavy atom. The number of thioether (sulfide) groups is 2. The van der Waals surface area contributed by atoms with Crippen molar-refractivity contribution in [2.75, 3.05) is 11.5 Å². The molecule has 1 aliphatic heterocycles. The SMILES string of the molecule is C#C[C@]1(O)CCCC2=CC3(CC[C@@]21C)SCCS3. The molecule has 2 fully saturated rings. The lowest BCUT2D eigenvalue weighted by Gasteiger charge is -2.51. The molecule has 98 valence electrons. The van der Waals surface area contributed by atoms with Gasteiger partial charge in [0.25, 0.3) is 0 Å². The highest BCUT2D eigenvalue weighted by Gasteiger charge is 2.54. The number of terminal acetylenes is 1. The minimum absolute atomic E-state index is 0.186. The molecule has 0 aromatic carbocycles. The molecule has 0 amide bonds. The Morgan fingerprint density at radius 1 is 1.28 bits per heavy atom. The molecule has 2 atom stereocenters. The van der Waals surface area contributed by atoms with Crippen molar-refractivity contribution in [3.63, 3.8) is 0 Å². The van der Waals surface area contributed by atoms with E-state index in [1.54, 1.807) is 0 Å². The zero-order chi connectivity index (χ0) is 12.9. The van der Waals surface area contributed by atoms with Crippen molar-refractivity contribution >= 4 is 23.5 Å². The van der Waals surface area contributed by atoms with E-state index in [-0.39, 0.29) is 5.41 Å². The van der Waals surface area contributed by atoms with Gasteiger partial charge in [-0.3, -0.25) is 0 Å². The van der Waals surface area contributed by atoms with Gasteiger partial charge in [-0.05, 0) is 32.1 Å². The van der Waals surface area contributed by atoms with E-state index >= 15 is 0 Å². The van der Waals surface area contributed by atoms with Gasteiger partial charge in [-0.1, -0.05) is 24.5 Å². The average molecular weight is 280 g/mol. The van der Waals surface area contributed by atoms with Crippen LogP contribution in [-0.4, -0.2) is 26.3 Å². The molecule has 3 rings (SSSR count). The largest absolute Gasteiger partial charge is 0.377 e. The van der Waals surface area contributed by atoms with Crippen molar-refractivity contribution in [2.45, 2.75) is 48.7 Å². The molecular formula is C15H20OS2. The number of hydrogen-bond donors (Lipinski definition) is 1. The number of rotatable bonds is 0. The van der Waals surface area contributed by atoms with Gasteiger partial charge in [0.2, 0.25) is 0 Å². The third-order valence-electron chi connectivity index (χ3n) is 4.99. The lowest BCUT2D eigenvalue weighted by molar-refractivity contribution is -0.0362. The van der Waals surface area contributed by atoms with Crippen LogP contribution in [0.4, 0.5) is 0 Å². The van der Waals surface area contributed by atoms with Gasteiger partial charge in [0, 0.05) is 16.9 Å². The van der Waals surface area contributed by atoms with Crippen LogP contribution in [-0.2, 0) is 0 Å². The highest BCUT2D eigenvalue weighted by Crippen LogP contribution is 2.60. The predicted octanol–water partition coefficient (Wildman–Crippen LogP) is 3.44. The Labute approximate surface area is 118 Å². The van der Waals surface area contributed by atoms with Gasteiger partial charge >= 0.3 is 0 Å². The molecule has 3 heteroatoms. The van der Waals surface area contributed by atoms with Gasteiger partial charge in [0.05, 0.1) is 4.08 Å². The van der Waals surface area contributed by atoms with Crippen molar-refractivity contribution in [1.82, 2.24) is 0 Å². The molecule has 0 bridgehead atoms. The van der Waals surface area contributed by atoms with E-state index in [0.29, 0.717) is 4.08 Å². The summed E-state index contributed by atoms with van der Waals surface area (Å²) in [5.74, 6) is 5.21. The predicted molar refractivity (Wildman–Crippen MR) is 80.7 cm³/mol. The van der Waals surface area contributed by atoms with E-state index < -0.39 is 5.60 Å². The number of hydrogen-bond acceptors (Lipinski definition) is 3. The highest BCUT2D eigenvalue weighted by atomic mass is 32.2. The van der Waals surface area contributed by atoms with E-state index in [1.165, 1.54) is 17.1 Å². The van der Waals surface area contributed by atoms with Gasteiger partial charge < -0.3 is 5.11 Å². The maximum absolute atomic E-state index is 10.8. The van der Waals surface area contributed by atoms with E-state index in [2.05, 4.69) is 42.4 Å². The Morgan fingerprint density at radius 2 is 2.00 bits per heavy atom. The normalized spacial score (nSPS) is 42.2. The Hall–Kier alpha value is -0.0400. The lowest BCUT2D eigenvalue weighted by atomic mass is 9.57. The van der Waals surface area contributed by atoms with Gasteiger partial charge in [-0.25, -0.2) is 0 Å². The first kappa shape index (κ1) is 13.0. The van der Waals surface area contributed by atoms with Crippen LogP contribution in [0.1, 0.15) is 39.0 Å². The van der Waals surface area contributed by atoms with Gasteiger partial charge in [0.1, 0.15) is 5.60 Å². The summed E-state index contributed by atoms with van der Waals surface area (Å²) in [6, 6.07) is 0. The van der Waals surface area contributed by atoms with Crippen molar-refractivity contribution in [2.24, 2.45) is 5.41 Å². The van der Waals surface area contributed by atoms with Crippen molar-refractivity contribution in [3.8, 4) is 12.3 Å². The van der Waals surface area contributed by atoms with Crippen molar-refractivity contribution in [1.29, 1.82) is 0 Å². The molecule has 0 aromatic rings. The third-order valence-corrected chi connectivity index (χ3v) is 8.39. The topological polar surface area (TPSA) is 20.2 Å². The Balaban J connectivity index is 2.01. The average Bonchev–Trinajstić information content (AvgIpc) is 2.81. The first-order chi connectivity index (χ1) is 8.54. The minimum atomic E-state index is -0.924. The van der Waals surface area contributed by atoms with Gasteiger partial charge in [0.15, 0.2) is 0 Å². The monoisotopic (exact) mass is 280 g/mol. The minimum Gasteiger partial charge on any atom is -0.377 e. The van der Waals surface area contributed by atoms with E-state index in [4.69, 9.17) is 6.42 Å². The second-order valence-corrected chi connectivity index (χ2v) is 8.98. The molecule has 1 saturated heterocycles. The smallest absolute Gasteiger partial charge is 0.134 e. The lowest BCUT2D eigenvalue weighted by Crippen LogP contribution is -2.51. The fraction of sp³-hybridized carbons (Fsp3) is 0.733. The molecule has 1 saturated carbocycles. The van der Waals surface area contributed by atoms with Crippen LogP contribution in [0, 0.1) is 17.8 Å². The number of fused-ring (bicyclic) bond motifs is 1. The van der Waals surface area contributed by atoms with E-state index in [1.807, 2.05) is 0 Å². The van der Waals surface area contributed by atoms with Crippen LogP contribution < -0.4 is 0 Å². The van der Waals surface area contributed by atoms with Crippen LogP contribution in [0.3, 0.4) is 0 Å². The maximum Gasteiger partial charge on any atom is 0.134 e. The van der Waals surface area contributed by atoms with Crippen LogP contribution in [0.15, 0.2) is 11.6 Å². The molecule has 0 unspecified atom stereocenters. The van der Waals surface area contributed by atoms with Gasteiger partial charge in [-0.15, -0.1) is 29.9 Å². The van der Waals surface area contributed by atoms with Crippen molar-refractivity contribution in [3.05, 3.63) is 11.6 Å². The molecule has 1 heterocycles. The molecule has 1 N–H and O–H groups in total. The molecule has 18 heavy (non-hydrogen) atoms. The van der Waals surface area contributed by atoms with Crippen LogP contribution in [0.25, 0.3) is 0 Å². The molecule has 3 aliphatic rings. The number of aliphatic hydroxyl groups is 1. The van der Waals surface area contributed by atoms with E-state index in [0.717, 1.165) is 32.1 Å². The zero-order valence-corrected chi connectivity index (χ0v) is 12.5. The molecule has 1 spiro atoms. The quantitative estimate of drug-likeness (QED) is 0.542. The van der Waals surface area contributed by atoms with Crippen molar-refractivity contribution < 1.29 is 5.11 Å². The standard InChI is InChI=1S/C15H20OS2/c1-3-14(16)6-4-5-12-11-15(17-9-10-18-15)8-7-13(12,14)2/h1,11,16H,4-10H2,2H3/t13-,14-/m0/s1. The fourth-order valence-electron chi connectivity index (χ4n) is 3.64. The summed E-state index contributed by atoms with van der Waals surface area (Å²) < 4.78 is 0.293. The summed E-state index contributed by atoms with van der Waals surface area (Å²) in [4.78, 5) is 0. The van der Waals surface area contributed by atoms with Crippen LogP contribution in [0.2, 0.25) is 0 Å². The first-order valence-electron chi connectivity index (χ1n) is 6.74. The summed E-state index contributed by atoms with van der Waals surface area (Å²) in [5.41, 5.74) is 0.309. The highest BCUT2D eigenvalue weighted by molar-refractivity contribution is 8.21. The zero-order valence-electron chi connectivity index (χ0n) is 10.9. The van der Waals surface area contributed by atoms with Gasteiger partial charge in [-0.2, -0.15) is 0 Å². The molecule has 0 aromatic heterocycles. The summed E-state index contributed by atoms with van der Waals surface area (Å²) in [5, 5.41) is 10.8. The summed E-state index contributed by atoms with van der Waals surface area (Å²) in [6.07, 6.45) is 13.2. The second-order valence-electron chi connectivity index (χ2n) is 5.87. The Bertz CT molecular complexity index is 430. The molecule has 2 aliphatic carbocycles. The summed E-state index contributed by atoms with van der Waals surface area (Å²) in [6.45, 7) is 2.18. The molecule has 1 nitrogen and oxygen atoms in total. The van der Waals surface area contributed by atoms with Crippen LogP contribution >= 0.6 is 23.5 Å². The van der Waals surface area contributed by atoms with E-state index in [9.17, 15) is 5.11 Å². The fourth-order valence-corrected chi connectivity index (χ4v) is 6.78.